The topological polar surface area (TPSA) is 43.1 Å². The number of unbranched alkanes of at least 4 members (excludes halogenated alkanes) is 2. The van der Waals surface area contributed by atoms with Gasteiger partial charge in [0.15, 0.2) is 0 Å². The molecule has 0 amide bonds. The maximum atomic E-state index is 11.5. The maximum Gasteiger partial charge on any atom is 0.138 e. The zero-order chi connectivity index (χ0) is 11.1. The van der Waals surface area contributed by atoms with Crippen LogP contribution >= 0.6 is 22.9 Å². The number of rotatable bonds is 7. The van der Waals surface area contributed by atoms with Crippen LogP contribution in [-0.2, 0) is 11.2 Å². The molecule has 0 aliphatic carbocycles. The minimum absolute atomic E-state index is 0.297. The lowest BCUT2D eigenvalue weighted by atomic mass is 10.1. The van der Waals surface area contributed by atoms with Gasteiger partial charge in [0.25, 0.3) is 0 Å². The van der Waals surface area contributed by atoms with E-state index in [2.05, 4.69) is 0 Å². The number of hydrogen-bond donors (Lipinski definition) is 1. The molecule has 0 unspecified atom stereocenters. The van der Waals surface area contributed by atoms with Crippen molar-refractivity contribution in [2.24, 2.45) is 5.73 Å². The first-order valence-corrected chi connectivity index (χ1v) is 6.38. The van der Waals surface area contributed by atoms with E-state index in [1.165, 1.54) is 11.3 Å². The van der Waals surface area contributed by atoms with E-state index in [-0.39, 0.29) is 0 Å². The van der Waals surface area contributed by atoms with Gasteiger partial charge in [-0.05, 0) is 31.5 Å². The third-order valence-electron chi connectivity index (χ3n) is 2.16. The Balaban J connectivity index is 2.18. The van der Waals surface area contributed by atoms with E-state index in [0.717, 1.165) is 28.5 Å². The van der Waals surface area contributed by atoms with Crippen LogP contribution in [0.5, 0.6) is 0 Å². The SMILES string of the molecule is NCCCCCC(=O)Cc1ccc(Cl)s1. The first-order valence-electron chi connectivity index (χ1n) is 5.18. The molecule has 1 rings (SSSR count). The van der Waals surface area contributed by atoms with Crippen molar-refractivity contribution in [1.29, 1.82) is 0 Å². The minimum atomic E-state index is 0.297. The van der Waals surface area contributed by atoms with Crippen molar-refractivity contribution in [3.63, 3.8) is 0 Å². The second kappa shape index (κ2) is 6.99. The summed E-state index contributed by atoms with van der Waals surface area (Å²) < 4.78 is 0.751. The zero-order valence-corrected chi connectivity index (χ0v) is 10.2. The average Bonchev–Trinajstić information content (AvgIpc) is 2.59. The summed E-state index contributed by atoms with van der Waals surface area (Å²) in [6.07, 6.45) is 4.20. The molecule has 15 heavy (non-hydrogen) atoms. The van der Waals surface area contributed by atoms with Crippen molar-refractivity contribution >= 4 is 28.7 Å². The summed E-state index contributed by atoms with van der Waals surface area (Å²) in [7, 11) is 0. The normalized spacial score (nSPS) is 10.5. The Morgan fingerprint density at radius 1 is 1.33 bits per heavy atom. The lowest BCUT2D eigenvalue weighted by Crippen LogP contribution is -2.02. The van der Waals surface area contributed by atoms with Crippen LogP contribution in [0.2, 0.25) is 4.34 Å². The first-order chi connectivity index (χ1) is 7.22. The highest BCUT2D eigenvalue weighted by molar-refractivity contribution is 7.16. The van der Waals surface area contributed by atoms with Gasteiger partial charge < -0.3 is 5.73 Å². The highest BCUT2D eigenvalue weighted by Crippen LogP contribution is 2.22. The van der Waals surface area contributed by atoms with Gasteiger partial charge in [0.2, 0.25) is 0 Å². The van der Waals surface area contributed by atoms with Crippen LogP contribution in [-0.4, -0.2) is 12.3 Å². The number of halogens is 1. The molecule has 0 aromatic carbocycles. The smallest absolute Gasteiger partial charge is 0.138 e. The molecule has 2 nitrogen and oxygen atoms in total. The Labute approximate surface area is 99.4 Å². The largest absolute Gasteiger partial charge is 0.330 e. The van der Waals surface area contributed by atoms with Crippen molar-refractivity contribution in [2.45, 2.75) is 32.1 Å². The van der Waals surface area contributed by atoms with Crippen LogP contribution in [0.1, 0.15) is 30.6 Å². The summed E-state index contributed by atoms with van der Waals surface area (Å²) in [5.41, 5.74) is 5.37. The van der Waals surface area contributed by atoms with Crippen molar-refractivity contribution in [3.8, 4) is 0 Å². The highest BCUT2D eigenvalue weighted by Gasteiger charge is 2.05. The number of Topliss-reactive ketones (excluding diaryl/α,β-unsaturated/α-hetero) is 1. The first kappa shape index (κ1) is 12.7. The molecule has 0 saturated carbocycles. The van der Waals surface area contributed by atoms with E-state index < -0.39 is 0 Å². The predicted octanol–water partition coefficient (Wildman–Crippen LogP) is 3.03. The fourth-order valence-corrected chi connectivity index (χ4v) is 2.49. The molecule has 2 N–H and O–H groups in total. The van der Waals surface area contributed by atoms with Gasteiger partial charge in [-0.3, -0.25) is 4.79 Å². The van der Waals surface area contributed by atoms with Crippen molar-refractivity contribution in [2.75, 3.05) is 6.54 Å². The predicted molar refractivity (Wildman–Crippen MR) is 65.6 cm³/mol. The second-order valence-electron chi connectivity index (χ2n) is 3.52. The van der Waals surface area contributed by atoms with Crippen LogP contribution in [0.25, 0.3) is 0 Å². The monoisotopic (exact) mass is 245 g/mol. The van der Waals surface area contributed by atoms with Crippen LogP contribution in [0, 0.1) is 0 Å². The number of thiophene rings is 1. The molecule has 84 valence electrons. The number of carbonyl (C=O) groups excluding carboxylic acids is 1. The summed E-state index contributed by atoms with van der Waals surface area (Å²) in [4.78, 5) is 12.6. The molecule has 0 aliphatic rings. The van der Waals surface area contributed by atoms with E-state index in [1.54, 1.807) is 0 Å². The molecule has 0 aliphatic heterocycles. The van der Waals surface area contributed by atoms with Gasteiger partial charge in [0, 0.05) is 17.7 Å². The Hall–Kier alpha value is -0.380. The molecule has 0 fully saturated rings. The molecule has 1 heterocycles. The number of carbonyl (C=O) groups is 1. The van der Waals surface area contributed by atoms with Gasteiger partial charge in [-0.25, -0.2) is 0 Å². The van der Waals surface area contributed by atoms with E-state index in [9.17, 15) is 4.79 Å². The Kier molecular flexibility index (Phi) is 5.91. The summed E-state index contributed by atoms with van der Waals surface area (Å²) >= 11 is 7.27. The van der Waals surface area contributed by atoms with Gasteiger partial charge in [-0.1, -0.05) is 18.0 Å². The third-order valence-corrected chi connectivity index (χ3v) is 3.39. The molecule has 0 radical (unpaired) electrons. The zero-order valence-electron chi connectivity index (χ0n) is 8.67. The van der Waals surface area contributed by atoms with Crippen molar-refractivity contribution in [1.82, 2.24) is 0 Å². The van der Waals surface area contributed by atoms with E-state index in [0.29, 0.717) is 25.2 Å². The number of hydrogen-bond acceptors (Lipinski definition) is 3. The molecule has 0 bridgehead atoms. The van der Waals surface area contributed by atoms with Crippen LogP contribution < -0.4 is 5.73 Å². The third kappa shape index (κ3) is 5.30. The standard InChI is InChI=1S/C11H16ClNOS/c12-11-6-5-10(15-11)8-9(14)4-2-1-3-7-13/h5-6H,1-4,7-8,13H2. The molecular formula is C11H16ClNOS. The Morgan fingerprint density at radius 3 is 2.73 bits per heavy atom. The molecule has 0 spiro atoms. The lowest BCUT2D eigenvalue weighted by Gasteiger charge is -1.98. The van der Waals surface area contributed by atoms with E-state index >= 15 is 0 Å². The van der Waals surface area contributed by atoms with Gasteiger partial charge in [0.1, 0.15) is 5.78 Å². The summed E-state index contributed by atoms with van der Waals surface area (Å²) in [6.45, 7) is 0.717. The van der Waals surface area contributed by atoms with Gasteiger partial charge >= 0.3 is 0 Å². The molecule has 4 heteroatoms. The highest BCUT2D eigenvalue weighted by atomic mass is 35.5. The molecular weight excluding hydrogens is 230 g/mol. The minimum Gasteiger partial charge on any atom is -0.330 e. The summed E-state index contributed by atoms with van der Waals surface area (Å²) in [5, 5.41) is 0. The van der Waals surface area contributed by atoms with Crippen molar-refractivity contribution < 1.29 is 4.79 Å². The fraction of sp³-hybridized carbons (Fsp3) is 0.545. The quantitative estimate of drug-likeness (QED) is 0.751. The fourth-order valence-electron chi connectivity index (χ4n) is 1.37. The molecule has 1 aromatic rings. The van der Waals surface area contributed by atoms with Crippen molar-refractivity contribution in [3.05, 3.63) is 21.3 Å². The van der Waals surface area contributed by atoms with E-state index in [1.807, 2.05) is 12.1 Å². The summed E-state index contributed by atoms with van der Waals surface area (Å²) in [5.74, 6) is 0.297. The average molecular weight is 246 g/mol. The van der Waals surface area contributed by atoms with Gasteiger partial charge in [0.05, 0.1) is 4.34 Å². The number of nitrogens with two attached hydrogens (primary N) is 1. The Bertz CT molecular complexity index is 311. The van der Waals surface area contributed by atoms with Gasteiger partial charge in [-0.2, -0.15) is 0 Å². The van der Waals surface area contributed by atoms with E-state index in [4.69, 9.17) is 17.3 Å². The van der Waals surface area contributed by atoms with Crippen LogP contribution in [0.4, 0.5) is 0 Å². The van der Waals surface area contributed by atoms with Gasteiger partial charge in [-0.15, -0.1) is 11.3 Å². The summed E-state index contributed by atoms with van der Waals surface area (Å²) in [6, 6.07) is 3.76. The maximum absolute atomic E-state index is 11.5. The molecule has 0 atom stereocenters. The number of ketones is 1. The lowest BCUT2D eigenvalue weighted by molar-refractivity contribution is -0.118. The Morgan fingerprint density at radius 2 is 2.13 bits per heavy atom. The second-order valence-corrected chi connectivity index (χ2v) is 5.32. The van der Waals surface area contributed by atoms with Crippen LogP contribution in [0.15, 0.2) is 12.1 Å². The van der Waals surface area contributed by atoms with Crippen LogP contribution in [0.3, 0.4) is 0 Å². The molecule has 0 saturated heterocycles. The molecule has 1 aromatic heterocycles.